The fourth-order valence-electron chi connectivity index (χ4n) is 2.15. The second-order valence-corrected chi connectivity index (χ2v) is 4.52. The predicted octanol–water partition coefficient (Wildman–Crippen LogP) is 1.65. The van der Waals surface area contributed by atoms with Crippen molar-refractivity contribution in [2.24, 2.45) is 5.92 Å². The van der Waals surface area contributed by atoms with Crippen molar-refractivity contribution in [1.29, 1.82) is 0 Å². The summed E-state index contributed by atoms with van der Waals surface area (Å²) in [4.78, 5) is 11.1. The van der Waals surface area contributed by atoms with Gasteiger partial charge in [-0.2, -0.15) is 0 Å². The first-order chi connectivity index (χ1) is 7.63. The SMILES string of the molecule is COC(=O)C1=CC(CCC2(C)OCCO2)C1. The van der Waals surface area contributed by atoms with Crippen LogP contribution >= 0.6 is 0 Å². The molecular formula is C12H18O4. The molecule has 2 rings (SSSR count). The van der Waals surface area contributed by atoms with E-state index in [4.69, 9.17) is 9.47 Å². The first-order valence-electron chi connectivity index (χ1n) is 5.70. The summed E-state index contributed by atoms with van der Waals surface area (Å²) in [6.07, 6.45) is 4.69. The van der Waals surface area contributed by atoms with Gasteiger partial charge in [-0.15, -0.1) is 0 Å². The second kappa shape index (κ2) is 4.55. The average Bonchev–Trinajstić information content (AvgIpc) is 2.62. The van der Waals surface area contributed by atoms with Crippen molar-refractivity contribution in [2.75, 3.05) is 20.3 Å². The molecule has 1 fully saturated rings. The molecule has 1 aliphatic heterocycles. The number of hydrogen-bond acceptors (Lipinski definition) is 4. The highest BCUT2D eigenvalue weighted by atomic mass is 16.7. The van der Waals surface area contributed by atoms with Gasteiger partial charge in [-0.3, -0.25) is 0 Å². The molecule has 0 aromatic carbocycles. The Labute approximate surface area is 95.6 Å². The number of methoxy groups -OCH3 is 1. The minimum atomic E-state index is -0.408. The molecular weight excluding hydrogens is 208 g/mol. The summed E-state index contributed by atoms with van der Waals surface area (Å²) in [6, 6.07) is 0. The predicted molar refractivity (Wildman–Crippen MR) is 57.7 cm³/mol. The number of rotatable bonds is 4. The summed E-state index contributed by atoms with van der Waals surface area (Å²) < 4.78 is 15.7. The van der Waals surface area contributed by atoms with E-state index in [9.17, 15) is 4.79 Å². The maximum absolute atomic E-state index is 11.1. The van der Waals surface area contributed by atoms with Crippen LogP contribution in [0.2, 0.25) is 0 Å². The Balaban J connectivity index is 1.73. The summed E-state index contributed by atoms with van der Waals surface area (Å²) in [7, 11) is 1.41. The fourth-order valence-corrected chi connectivity index (χ4v) is 2.15. The Morgan fingerprint density at radius 1 is 1.56 bits per heavy atom. The summed E-state index contributed by atoms with van der Waals surface area (Å²) in [5, 5.41) is 0. The fraction of sp³-hybridized carbons (Fsp3) is 0.750. The van der Waals surface area contributed by atoms with Gasteiger partial charge < -0.3 is 14.2 Å². The monoisotopic (exact) mass is 226 g/mol. The molecule has 0 aromatic heterocycles. The van der Waals surface area contributed by atoms with Crippen LogP contribution in [0.1, 0.15) is 26.2 Å². The van der Waals surface area contributed by atoms with Gasteiger partial charge in [0.15, 0.2) is 5.79 Å². The number of hydrogen-bond donors (Lipinski definition) is 0. The Morgan fingerprint density at radius 3 is 2.75 bits per heavy atom. The molecule has 0 spiro atoms. The van der Waals surface area contributed by atoms with Crippen LogP contribution in [0.15, 0.2) is 11.6 Å². The molecule has 0 radical (unpaired) electrons. The third-order valence-corrected chi connectivity index (χ3v) is 3.23. The molecule has 0 bridgehead atoms. The van der Waals surface area contributed by atoms with E-state index in [2.05, 4.69) is 4.74 Å². The minimum absolute atomic E-state index is 0.198. The molecule has 4 heteroatoms. The van der Waals surface area contributed by atoms with Crippen LogP contribution in [0.5, 0.6) is 0 Å². The van der Waals surface area contributed by atoms with Gasteiger partial charge in [-0.05, 0) is 25.7 Å². The maximum atomic E-state index is 11.1. The zero-order valence-electron chi connectivity index (χ0n) is 9.82. The first-order valence-corrected chi connectivity index (χ1v) is 5.70. The van der Waals surface area contributed by atoms with Crippen molar-refractivity contribution in [1.82, 2.24) is 0 Å². The van der Waals surface area contributed by atoms with Crippen molar-refractivity contribution in [3.05, 3.63) is 11.6 Å². The van der Waals surface area contributed by atoms with Gasteiger partial charge in [0.05, 0.1) is 20.3 Å². The Bertz CT molecular complexity index is 302. The van der Waals surface area contributed by atoms with Gasteiger partial charge in [-0.1, -0.05) is 6.08 Å². The van der Waals surface area contributed by atoms with Gasteiger partial charge in [0.25, 0.3) is 0 Å². The summed E-state index contributed by atoms with van der Waals surface area (Å²) in [6.45, 7) is 3.35. The van der Waals surface area contributed by atoms with Crippen LogP contribution in [0.3, 0.4) is 0 Å². The van der Waals surface area contributed by atoms with Crippen molar-refractivity contribution < 1.29 is 19.0 Å². The Kier molecular flexibility index (Phi) is 3.30. The van der Waals surface area contributed by atoms with E-state index in [1.54, 1.807) is 0 Å². The van der Waals surface area contributed by atoms with Gasteiger partial charge >= 0.3 is 5.97 Å². The normalized spacial score (nSPS) is 27.1. The standard InChI is InChI=1S/C12H18O4/c1-12(15-5-6-16-12)4-3-9-7-10(8-9)11(13)14-2/h7,9H,3-6,8H2,1-2H3. The van der Waals surface area contributed by atoms with Crippen LogP contribution in [0.25, 0.3) is 0 Å². The van der Waals surface area contributed by atoms with E-state index in [-0.39, 0.29) is 5.97 Å². The summed E-state index contributed by atoms with van der Waals surface area (Å²) in [5.41, 5.74) is 0.797. The summed E-state index contributed by atoms with van der Waals surface area (Å²) >= 11 is 0. The van der Waals surface area contributed by atoms with Crippen LogP contribution < -0.4 is 0 Å². The van der Waals surface area contributed by atoms with Crippen LogP contribution in [0.4, 0.5) is 0 Å². The average molecular weight is 226 g/mol. The maximum Gasteiger partial charge on any atom is 0.333 e. The van der Waals surface area contributed by atoms with E-state index in [0.29, 0.717) is 19.1 Å². The van der Waals surface area contributed by atoms with Gasteiger partial charge in [-0.25, -0.2) is 4.79 Å². The highest BCUT2D eigenvalue weighted by Crippen LogP contribution is 2.34. The van der Waals surface area contributed by atoms with Crippen molar-refractivity contribution >= 4 is 5.97 Å². The number of ether oxygens (including phenoxy) is 3. The van der Waals surface area contributed by atoms with Gasteiger partial charge in [0.2, 0.25) is 0 Å². The van der Waals surface area contributed by atoms with Crippen LogP contribution in [-0.2, 0) is 19.0 Å². The molecule has 2 aliphatic rings. The van der Waals surface area contributed by atoms with E-state index >= 15 is 0 Å². The highest BCUT2D eigenvalue weighted by Gasteiger charge is 2.33. The molecule has 1 atom stereocenters. The lowest BCUT2D eigenvalue weighted by Gasteiger charge is -2.28. The molecule has 1 aliphatic carbocycles. The molecule has 0 amide bonds. The van der Waals surface area contributed by atoms with E-state index in [1.807, 2.05) is 13.0 Å². The van der Waals surface area contributed by atoms with E-state index < -0.39 is 5.79 Å². The molecule has 1 heterocycles. The minimum Gasteiger partial charge on any atom is -0.466 e. The quantitative estimate of drug-likeness (QED) is 0.684. The summed E-state index contributed by atoms with van der Waals surface area (Å²) in [5.74, 6) is -0.135. The number of carbonyl (C=O) groups excluding carboxylic acids is 1. The second-order valence-electron chi connectivity index (χ2n) is 4.52. The van der Waals surface area contributed by atoms with Crippen LogP contribution in [0, 0.1) is 5.92 Å². The molecule has 0 aromatic rings. The zero-order chi connectivity index (χ0) is 11.6. The molecule has 1 unspecified atom stereocenters. The van der Waals surface area contributed by atoms with Crippen molar-refractivity contribution in [3.63, 3.8) is 0 Å². The number of carbonyl (C=O) groups is 1. The number of allylic oxidation sites excluding steroid dienone is 1. The number of esters is 1. The lowest BCUT2D eigenvalue weighted by molar-refractivity contribution is -0.148. The molecule has 1 saturated heterocycles. The first kappa shape index (κ1) is 11.6. The topological polar surface area (TPSA) is 44.8 Å². The molecule has 0 N–H and O–H groups in total. The molecule has 90 valence electrons. The third-order valence-electron chi connectivity index (χ3n) is 3.23. The van der Waals surface area contributed by atoms with Gasteiger partial charge in [0.1, 0.15) is 0 Å². The molecule has 4 nitrogen and oxygen atoms in total. The van der Waals surface area contributed by atoms with Crippen molar-refractivity contribution in [3.8, 4) is 0 Å². The largest absolute Gasteiger partial charge is 0.466 e. The third kappa shape index (κ3) is 2.44. The lowest BCUT2D eigenvalue weighted by atomic mass is 9.82. The smallest absolute Gasteiger partial charge is 0.333 e. The van der Waals surface area contributed by atoms with E-state index in [0.717, 1.165) is 24.8 Å². The lowest BCUT2D eigenvalue weighted by Crippen LogP contribution is -2.27. The van der Waals surface area contributed by atoms with Gasteiger partial charge in [0, 0.05) is 12.0 Å². The van der Waals surface area contributed by atoms with E-state index in [1.165, 1.54) is 7.11 Å². The van der Waals surface area contributed by atoms with Crippen molar-refractivity contribution in [2.45, 2.75) is 32.0 Å². The van der Waals surface area contributed by atoms with Crippen LogP contribution in [-0.4, -0.2) is 32.1 Å². The Hall–Kier alpha value is -0.870. The zero-order valence-corrected chi connectivity index (χ0v) is 9.82. The molecule has 16 heavy (non-hydrogen) atoms. The Morgan fingerprint density at radius 2 is 2.19 bits per heavy atom. The molecule has 0 saturated carbocycles. The highest BCUT2D eigenvalue weighted by molar-refractivity contribution is 5.89.